The van der Waals surface area contributed by atoms with Crippen LogP contribution in [0.1, 0.15) is 31.4 Å². The number of benzene rings is 1. The van der Waals surface area contributed by atoms with Crippen LogP contribution in [0.15, 0.2) is 24.3 Å². The summed E-state index contributed by atoms with van der Waals surface area (Å²) in [6.07, 6.45) is -3.24. The van der Waals surface area contributed by atoms with Gasteiger partial charge in [-0.15, -0.1) is 13.2 Å². The molecule has 112 valence electrons. The van der Waals surface area contributed by atoms with Crippen LogP contribution in [0.25, 0.3) is 0 Å². The van der Waals surface area contributed by atoms with Gasteiger partial charge in [0.15, 0.2) is 0 Å². The topological polar surface area (TPSA) is 32.7 Å². The first-order valence-electron chi connectivity index (χ1n) is 6.63. The van der Waals surface area contributed by atoms with Crippen molar-refractivity contribution >= 4 is 0 Å². The van der Waals surface area contributed by atoms with Crippen LogP contribution in [0.5, 0.6) is 5.75 Å². The van der Waals surface area contributed by atoms with Crippen LogP contribution in [0.4, 0.5) is 13.2 Å². The molecule has 1 aliphatic heterocycles. The fourth-order valence-electron chi connectivity index (χ4n) is 2.49. The number of alkyl halides is 3. The number of aliphatic hydroxyl groups excluding tert-OH is 1. The lowest BCUT2D eigenvalue weighted by atomic mass is 10.0. The standard InChI is InChI=1S/C14H18F3NO2/c1-10(18-8-2-3-12(19)9-18)11-4-6-13(7-5-11)20-14(15,16)17/h4-7,10,12,19H,2-3,8-9H2,1H3. The molecule has 3 nitrogen and oxygen atoms in total. The number of likely N-dealkylation sites (tertiary alicyclic amines) is 1. The molecule has 1 heterocycles. The molecule has 1 aromatic rings. The molecule has 20 heavy (non-hydrogen) atoms. The fourth-order valence-corrected chi connectivity index (χ4v) is 2.49. The highest BCUT2D eigenvalue weighted by Gasteiger charge is 2.31. The minimum Gasteiger partial charge on any atom is -0.406 e. The van der Waals surface area contributed by atoms with Crippen molar-refractivity contribution in [1.29, 1.82) is 0 Å². The molecule has 2 unspecified atom stereocenters. The third-order valence-electron chi connectivity index (χ3n) is 3.57. The highest BCUT2D eigenvalue weighted by molar-refractivity contribution is 5.29. The highest BCUT2D eigenvalue weighted by Crippen LogP contribution is 2.28. The molecule has 2 rings (SSSR count). The third-order valence-corrected chi connectivity index (χ3v) is 3.57. The van der Waals surface area contributed by atoms with E-state index in [1.54, 1.807) is 12.1 Å². The predicted molar refractivity (Wildman–Crippen MR) is 68.4 cm³/mol. The summed E-state index contributed by atoms with van der Waals surface area (Å²) in [5.74, 6) is -0.216. The predicted octanol–water partition coefficient (Wildman–Crippen LogP) is 3.10. The smallest absolute Gasteiger partial charge is 0.406 e. The Hall–Kier alpha value is -1.27. The molecular formula is C14H18F3NO2. The van der Waals surface area contributed by atoms with Gasteiger partial charge in [-0.2, -0.15) is 0 Å². The molecule has 0 bridgehead atoms. The Balaban J connectivity index is 2.01. The van der Waals surface area contributed by atoms with E-state index in [0.29, 0.717) is 6.54 Å². The first-order chi connectivity index (χ1) is 9.35. The van der Waals surface area contributed by atoms with Gasteiger partial charge < -0.3 is 9.84 Å². The number of halogens is 3. The van der Waals surface area contributed by atoms with E-state index in [4.69, 9.17) is 0 Å². The van der Waals surface area contributed by atoms with E-state index in [2.05, 4.69) is 9.64 Å². The van der Waals surface area contributed by atoms with Crippen molar-refractivity contribution in [2.24, 2.45) is 0 Å². The zero-order chi connectivity index (χ0) is 14.8. The Morgan fingerprint density at radius 1 is 1.30 bits per heavy atom. The summed E-state index contributed by atoms with van der Waals surface area (Å²) in [6, 6.07) is 5.96. The first kappa shape index (κ1) is 15.1. The summed E-state index contributed by atoms with van der Waals surface area (Å²) in [5, 5.41) is 9.66. The van der Waals surface area contributed by atoms with E-state index in [0.717, 1.165) is 24.9 Å². The number of aliphatic hydroxyl groups is 1. The summed E-state index contributed by atoms with van der Waals surface area (Å²) < 4.78 is 40.1. The fraction of sp³-hybridized carbons (Fsp3) is 0.571. The maximum Gasteiger partial charge on any atom is 0.573 e. The van der Waals surface area contributed by atoms with Crippen LogP contribution in [-0.4, -0.2) is 35.6 Å². The van der Waals surface area contributed by atoms with Gasteiger partial charge in [0.05, 0.1) is 6.10 Å². The van der Waals surface area contributed by atoms with Gasteiger partial charge in [-0.05, 0) is 44.0 Å². The van der Waals surface area contributed by atoms with Gasteiger partial charge >= 0.3 is 6.36 Å². The Bertz CT molecular complexity index is 433. The second-order valence-electron chi connectivity index (χ2n) is 5.08. The monoisotopic (exact) mass is 289 g/mol. The maximum absolute atomic E-state index is 12.1. The molecule has 6 heteroatoms. The molecule has 0 aliphatic carbocycles. The Kier molecular flexibility index (Phi) is 4.55. The third kappa shape index (κ3) is 4.11. The Morgan fingerprint density at radius 2 is 1.95 bits per heavy atom. The average Bonchev–Trinajstić information content (AvgIpc) is 2.37. The van der Waals surface area contributed by atoms with E-state index in [-0.39, 0.29) is 17.9 Å². The Labute approximate surface area is 116 Å². The van der Waals surface area contributed by atoms with Crippen molar-refractivity contribution in [3.05, 3.63) is 29.8 Å². The second-order valence-corrected chi connectivity index (χ2v) is 5.08. The molecule has 2 atom stereocenters. The molecule has 1 fully saturated rings. The van der Waals surface area contributed by atoms with Crippen LogP contribution in [0.3, 0.4) is 0 Å². The van der Waals surface area contributed by atoms with Gasteiger partial charge in [-0.1, -0.05) is 12.1 Å². The Morgan fingerprint density at radius 3 is 2.50 bits per heavy atom. The molecule has 0 saturated carbocycles. The number of piperidine rings is 1. The van der Waals surface area contributed by atoms with Crippen molar-refractivity contribution in [2.45, 2.75) is 38.3 Å². The number of hydrogen-bond acceptors (Lipinski definition) is 3. The maximum atomic E-state index is 12.1. The first-order valence-corrected chi connectivity index (χ1v) is 6.63. The van der Waals surface area contributed by atoms with Crippen LogP contribution in [0, 0.1) is 0 Å². The van der Waals surface area contributed by atoms with E-state index in [9.17, 15) is 18.3 Å². The van der Waals surface area contributed by atoms with Crippen LogP contribution < -0.4 is 4.74 Å². The number of ether oxygens (including phenoxy) is 1. The quantitative estimate of drug-likeness (QED) is 0.928. The van der Waals surface area contributed by atoms with Gasteiger partial charge in [0.1, 0.15) is 5.75 Å². The van der Waals surface area contributed by atoms with Crippen LogP contribution in [0.2, 0.25) is 0 Å². The number of rotatable bonds is 3. The zero-order valence-corrected chi connectivity index (χ0v) is 11.2. The number of hydrogen-bond donors (Lipinski definition) is 1. The van der Waals surface area contributed by atoms with E-state index in [1.807, 2.05) is 6.92 Å². The minimum atomic E-state index is -4.66. The van der Waals surface area contributed by atoms with Crippen LogP contribution >= 0.6 is 0 Å². The van der Waals surface area contributed by atoms with Crippen LogP contribution in [-0.2, 0) is 0 Å². The van der Waals surface area contributed by atoms with Crippen molar-refractivity contribution in [3.63, 3.8) is 0 Å². The van der Waals surface area contributed by atoms with E-state index < -0.39 is 6.36 Å². The minimum absolute atomic E-state index is 0.0601. The lowest BCUT2D eigenvalue weighted by molar-refractivity contribution is -0.274. The molecule has 1 aliphatic rings. The zero-order valence-electron chi connectivity index (χ0n) is 11.2. The van der Waals surface area contributed by atoms with Gasteiger partial charge in [-0.3, -0.25) is 4.90 Å². The molecule has 0 spiro atoms. The summed E-state index contributed by atoms with van der Waals surface area (Å²) in [6.45, 7) is 3.47. The summed E-state index contributed by atoms with van der Waals surface area (Å²) in [5.41, 5.74) is 0.911. The van der Waals surface area contributed by atoms with Crippen molar-refractivity contribution in [2.75, 3.05) is 13.1 Å². The van der Waals surface area contributed by atoms with Gasteiger partial charge in [-0.25, -0.2) is 0 Å². The molecule has 0 radical (unpaired) electrons. The van der Waals surface area contributed by atoms with Crippen molar-refractivity contribution in [3.8, 4) is 5.75 Å². The van der Waals surface area contributed by atoms with Gasteiger partial charge in [0.2, 0.25) is 0 Å². The molecule has 1 aromatic carbocycles. The second kappa shape index (κ2) is 6.01. The summed E-state index contributed by atoms with van der Waals surface area (Å²) >= 11 is 0. The SMILES string of the molecule is CC(c1ccc(OC(F)(F)F)cc1)N1CCCC(O)C1. The lowest BCUT2D eigenvalue weighted by Crippen LogP contribution is -2.39. The van der Waals surface area contributed by atoms with Gasteiger partial charge in [0, 0.05) is 12.6 Å². The highest BCUT2D eigenvalue weighted by atomic mass is 19.4. The van der Waals surface area contributed by atoms with Crippen molar-refractivity contribution < 1.29 is 23.0 Å². The molecule has 1 N–H and O–H groups in total. The summed E-state index contributed by atoms with van der Waals surface area (Å²) in [4.78, 5) is 2.13. The van der Waals surface area contributed by atoms with Crippen molar-refractivity contribution in [1.82, 2.24) is 4.90 Å². The number of nitrogens with zero attached hydrogens (tertiary/aromatic N) is 1. The van der Waals surface area contributed by atoms with Gasteiger partial charge in [0.25, 0.3) is 0 Å². The average molecular weight is 289 g/mol. The molecule has 0 aromatic heterocycles. The van der Waals surface area contributed by atoms with E-state index >= 15 is 0 Å². The summed E-state index contributed by atoms with van der Waals surface area (Å²) in [7, 11) is 0. The largest absolute Gasteiger partial charge is 0.573 e. The normalized spacial score (nSPS) is 22.6. The molecular weight excluding hydrogens is 271 g/mol. The molecule has 1 saturated heterocycles. The number of β-amino-alcohol motifs (C(OH)–C–C–N with tert-alkyl or cyclic N) is 1. The lowest BCUT2D eigenvalue weighted by Gasteiger charge is -2.35. The van der Waals surface area contributed by atoms with E-state index in [1.165, 1.54) is 12.1 Å². The molecule has 0 amide bonds.